The van der Waals surface area contributed by atoms with Crippen LogP contribution in [-0.2, 0) is 5.41 Å². The van der Waals surface area contributed by atoms with E-state index in [1.165, 1.54) is 49.8 Å². The van der Waals surface area contributed by atoms with E-state index in [4.69, 9.17) is 4.98 Å². The van der Waals surface area contributed by atoms with Crippen LogP contribution >= 0.6 is 11.3 Å². The average molecular weight is 414 g/mol. The summed E-state index contributed by atoms with van der Waals surface area (Å²) in [4.78, 5) is 5.17. The molecule has 0 amide bonds. The zero-order valence-corrected chi connectivity index (χ0v) is 17.9. The Bertz CT molecular complexity index is 1020. The first kappa shape index (κ1) is 18.3. The highest BCUT2D eigenvalue weighted by Crippen LogP contribution is 2.60. The van der Waals surface area contributed by atoms with Crippen LogP contribution in [0.2, 0.25) is 0 Å². The molecule has 7 rings (SSSR count). The molecule has 4 saturated carbocycles. The molecule has 3 aromatic rings. The number of rotatable bonds is 5. The van der Waals surface area contributed by atoms with Gasteiger partial charge in [-0.2, -0.15) is 5.10 Å². The maximum atomic E-state index is 5.17. The third-order valence-electron chi connectivity index (χ3n) is 7.42. The fourth-order valence-electron chi connectivity index (χ4n) is 6.48. The summed E-state index contributed by atoms with van der Waals surface area (Å²) >= 11 is 1.82. The van der Waals surface area contributed by atoms with Gasteiger partial charge in [-0.05, 0) is 74.0 Å². The first-order valence-corrected chi connectivity index (χ1v) is 12.0. The van der Waals surface area contributed by atoms with Gasteiger partial charge in [0.1, 0.15) is 5.01 Å². The summed E-state index contributed by atoms with van der Waals surface area (Å²) in [7, 11) is 0. The summed E-state index contributed by atoms with van der Waals surface area (Å²) in [5.41, 5.74) is 8.13. The normalized spacial score (nSPS) is 29.5. The monoisotopic (exact) mass is 413 g/mol. The van der Waals surface area contributed by atoms with Crippen LogP contribution in [0.4, 0.5) is 5.69 Å². The molecule has 152 valence electrons. The van der Waals surface area contributed by atoms with Gasteiger partial charge in [0.2, 0.25) is 0 Å². The van der Waals surface area contributed by atoms with Crippen LogP contribution < -0.4 is 5.43 Å². The SMILES string of the molecule is C(=NNc1ccccc1)c1ccc(-c2nc(C34CC5CC(CC(C5)C3)C4)cs2)cc1. The summed E-state index contributed by atoms with van der Waals surface area (Å²) < 4.78 is 0. The fraction of sp³-hybridized carbons (Fsp3) is 0.385. The van der Waals surface area contributed by atoms with E-state index < -0.39 is 0 Å². The Morgan fingerprint density at radius 3 is 2.23 bits per heavy atom. The maximum absolute atomic E-state index is 5.17. The van der Waals surface area contributed by atoms with Gasteiger partial charge in [0.15, 0.2) is 0 Å². The highest BCUT2D eigenvalue weighted by Gasteiger charge is 2.52. The molecule has 1 N–H and O–H groups in total. The Morgan fingerprint density at radius 2 is 1.57 bits per heavy atom. The van der Waals surface area contributed by atoms with Gasteiger partial charge in [0.25, 0.3) is 0 Å². The Balaban J connectivity index is 1.17. The highest BCUT2D eigenvalue weighted by atomic mass is 32.1. The standard InChI is InChI=1S/C26H27N3S/c1-2-4-23(5-3-1)29-27-16-18-6-8-22(9-7-18)25-28-24(17-30-25)26-13-19-10-20(14-26)12-21(11-19)15-26/h1-9,16-17,19-21,29H,10-15H2. The number of aromatic nitrogens is 1. The molecular formula is C26H27N3S. The third-order valence-corrected chi connectivity index (χ3v) is 8.32. The average Bonchev–Trinajstić information content (AvgIpc) is 3.25. The van der Waals surface area contributed by atoms with Crippen LogP contribution in [-0.4, -0.2) is 11.2 Å². The minimum atomic E-state index is 0.388. The molecule has 0 radical (unpaired) electrons. The second-order valence-corrected chi connectivity index (χ2v) is 10.5. The lowest BCUT2D eigenvalue weighted by molar-refractivity contribution is -0.00689. The summed E-state index contributed by atoms with van der Waals surface area (Å²) in [5.74, 6) is 2.89. The Labute approximate surface area is 182 Å². The number of hydrazone groups is 1. The third kappa shape index (κ3) is 3.37. The van der Waals surface area contributed by atoms with E-state index in [0.717, 1.165) is 34.0 Å². The fourth-order valence-corrected chi connectivity index (χ4v) is 7.43. The molecule has 4 heteroatoms. The molecule has 0 spiro atoms. The Kier molecular flexibility index (Phi) is 4.49. The first-order chi connectivity index (χ1) is 14.8. The maximum Gasteiger partial charge on any atom is 0.123 e. The minimum absolute atomic E-state index is 0.388. The van der Waals surface area contributed by atoms with Crippen molar-refractivity contribution >= 4 is 23.2 Å². The zero-order chi connectivity index (χ0) is 20.0. The number of hydrogen-bond donors (Lipinski definition) is 1. The predicted molar refractivity (Wildman–Crippen MR) is 125 cm³/mol. The van der Waals surface area contributed by atoms with Crippen molar-refractivity contribution in [3.63, 3.8) is 0 Å². The van der Waals surface area contributed by atoms with Crippen molar-refractivity contribution in [2.45, 2.75) is 43.9 Å². The molecule has 2 aromatic carbocycles. The molecule has 4 fully saturated rings. The van der Waals surface area contributed by atoms with Crippen molar-refractivity contribution in [2.75, 3.05) is 5.43 Å². The molecule has 0 aliphatic heterocycles. The van der Waals surface area contributed by atoms with E-state index in [2.05, 4.69) is 40.2 Å². The minimum Gasteiger partial charge on any atom is -0.279 e. The van der Waals surface area contributed by atoms with E-state index in [1.807, 2.05) is 47.9 Å². The lowest BCUT2D eigenvalue weighted by atomic mass is 9.49. The molecule has 3 nitrogen and oxygen atoms in total. The van der Waals surface area contributed by atoms with E-state index in [1.54, 1.807) is 0 Å². The molecule has 1 aromatic heterocycles. The van der Waals surface area contributed by atoms with Crippen molar-refractivity contribution in [1.29, 1.82) is 0 Å². The van der Waals surface area contributed by atoms with Gasteiger partial charge in [-0.15, -0.1) is 11.3 Å². The van der Waals surface area contributed by atoms with E-state index in [9.17, 15) is 0 Å². The molecule has 0 atom stereocenters. The van der Waals surface area contributed by atoms with Crippen LogP contribution in [0.3, 0.4) is 0 Å². The second-order valence-electron chi connectivity index (χ2n) is 9.59. The van der Waals surface area contributed by atoms with Crippen molar-refractivity contribution in [3.05, 3.63) is 71.2 Å². The van der Waals surface area contributed by atoms with Crippen molar-refractivity contribution in [2.24, 2.45) is 22.9 Å². The summed E-state index contributed by atoms with van der Waals surface area (Å²) in [6, 6.07) is 18.6. The van der Waals surface area contributed by atoms with Crippen LogP contribution in [0.5, 0.6) is 0 Å². The van der Waals surface area contributed by atoms with Crippen LogP contribution in [0, 0.1) is 17.8 Å². The number of nitrogens with one attached hydrogen (secondary N) is 1. The predicted octanol–water partition coefficient (Wildman–Crippen LogP) is 6.72. The number of benzene rings is 2. The van der Waals surface area contributed by atoms with Gasteiger partial charge in [0, 0.05) is 16.4 Å². The van der Waals surface area contributed by atoms with Gasteiger partial charge in [-0.1, -0.05) is 42.5 Å². The van der Waals surface area contributed by atoms with Gasteiger partial charge in [-0.3, -0.25) is 5.43 Å². The van der Waals surface area contributed by atoms with Crippen molar-refractivity contribution < 1.29 is 0 Å². The molecule has 30 heavy (non-hydrogen) atoms. The van der Waals surface area contributed by atoms with Gasteiger partial charge >= 0.3 is 0 Å². The molecular weight excluding hydrogens is 386 g/mol. The molecule has 0 saturated heterocycles. The number of anilines is 1. The summed E-state index contributed by atoms with van der Waals surface area (Å²) in [6.45, 7) is 0. The molecule has 4 aliphatic carbocycles. The molecule has 0 unspecified atom stereocenters. The molecule has 1 heterocycles. The highest BCUT2D eigenvalue weighted by molar-refractivity contribution is 7.13. The topological polar surface area (TPSA) is 37.3 Å². The van der Waals surface area contributed by atoms with E-state index in [-0.39, 0.29) is 0 Å². The quantitative estimate of drug-likeness (QED) is 0.372. The van der Waals surface area contributed by atoms with E-state index >= 15 is 0 Å². The summed E-state index contributed by atoms with van der Waals surface area (Å²) in [6.07, 6.45) is 10.5. The zero-order valence-electron chi connectivity index (χ0n) is 17.1. The lowest BCUT2D eigenvalue weighted by Gasteiger charge is -2.56. The number of para-hydroxylation sites is 1. The number of hydrogen-bond acceptors (Lipinski definition) is 4. The van der Waals surface area contributed by atoms with Gasteiger partial charge in [0.05, 0.1) is 17.6 Å². The van der Waals surface area contributed by atoms with Crippen molar-refractivity contribution in [1.82, 2.24) is 4.98 Å². The second kappa shape index (κ2) is 7.35. The molecule has 4 bridgehead atoms. The van der Waals surface area contributed by atoms with Crippen LogP contribution in [0.15, 0.2) is 65.1 Å². The van der Waals surface area contributed by atoms with Gasteiger partial charge < -0.3 is 0 Å². The molecule has 4 aliphatic rings. The largest absolute Gasteiger partial charge is 0.279 e. The van der Waals surface area contributed by atoms with E-state index in [0.29, 0.717) is 5.41 Å². The number of nitrogens with zero attached hydrogens (tertiary/aromatic N) is 2. The smallest absolute Gasteiger partial charge is 0.123 e. The summed E-state index contributed by atoms with van der Waals surface area (Å²) in [5, 5.41) is 7.86. The van der Waals surface area contributed by atoms with Crippen LogP contribution in [0.25, 0.3) is 10.6 Å². The Morgan fingerprint density at radius 1 is 0.900 bits per heavy atom. The number of thiazole rings is 1. The van der Waals surface area contributed by atoms with Crippen LogP contribution in [0.1, 0.15) is 49.8 Å². The Hall–Kier alpha value is -2.46. The van der Waals surface area contributed by atoms with Crippen molar-refractivity contribution in [3.8, 4) is 10.6 Å². The van der Waals surface area contributed by atoms with Gasteiger partial charge in [-0.25, -0.2) is 4.98 Å². The lowest BCUT2D eigenvalue weighted by Crippen LogP contribution is -2.48. The first-order valence-electron chi connectivity index (χ1n) is 11.2.